The number of benzene rings is 1. The number of hydrogen-bond donors (Lipinski definition) is 2. The Morgan fingerprint density at radius 3 is 2.79 bits per heavy atom. The van der Waals surface area contributed by atoms with E-state index in [1.165, 1.54) is 17.4 Å². The number of hydrogen-bond acceptors (Lipinski definition) is 3. The Bertz CT molecular complexity index is 832. The van der Waals surface area contributed by atoms with E-state index in [4.69, 9.17) is 28.9 Å². The highest BCUT2D eigenvalue weighted by molar-refractivity contribution is 7.17. The fraction of sp³-hybridized carbons (Fsp3) is 0.294. The summed E-state index contributed by atoms with van der Waals surface area (Å²) < 4.78 is 0. The lowest BCUT2D eigenvalue weighted by atomic mass is 9.88. The van der Waals surface area contributed by atoms with E-state index in [9.17, 15) is 9.59 Å². The molecule has 24 heavy (non-hydrogen) atoms. The second-order valence-corrected chi connectivity index (χ2v) is 7.95. The highest BCUT2D eigenvalue weighted by Crippen LogP contribution is 2.39. The average Bonchev–Trinajstić information content (AvgIpc) is 2.86. The van der Waals surface area contributed by atoms with E-state index in [2.05, 4.69) is 12.2 Å². The SMILES string of the molecule is CC1CCc2c(sc(NC(=O)c3cc(Cl)ccc3Cl)c2C(N)=O)C1. The van der Waals surface area contributed by atoms with Crippen LogP contribution in [0, 0.1) is 5.92 Å². The highest BCUT2D eigenvalue weighted by Gasteiger charge is 2.27. The van der Waals surface area contributed by atoms with Gasteiger partial charge in [0.05, 0.1) is 16.1 Å². The van der Waals surface area contributed by atoms with E-state index in [1.807, 2.05) is 0 Å². The largest absolute Gasteiger partial charge is 0.365 e. The lowest BCUT2D eigenvalue weighted by Crippen LogP contribution is -2.19. The van der Waals surface area contributed by atoms with E-state index in [0.717, 1.165) is 29.7 Å². The number of nitrogens with one attached hydrogen (secondary N) is 1. The van der Waals surface area contributed by atoms with Crippen LogP contribution in [0.1, 0.15) is 44.5 Å². The number of carbonyl (C=O) groups excluding carboxylic acids is 2. The molecular weight excluding hydrogens is 367 g/mol. The fourth-order valence-corrected chi connectivity index (χ4v) is 4.73. The molecule has 2 aromatic rings. The molecule has 1 heterocycles. The van der Waals surface area contributed by atoms with Crippen molar-refractivity contribution in [3.8, 4) is 0 Å². The molecule has 0 saturated carbocycles. The Labute approximate surface area is 153 Å². The maximum absolute atomic E-state index is 12.5. The first-order valence-electron chi connectivity index (χ1n) is 7.57. The second-order valence-electron chi connectivity index (χ2n) is 6.00. The minimum absolute atomic E-state index is 0.263. The van der Waals surface area contributed by atoms with Crippen LogP contribution in [-0.2, 0) is 12.8 Å². The van der Waals surface area contributed by atoms with Crippen molar-refractivity contribution in [1.29, 1.82) is 0 Å². The summed E-state index contributed by atoms with van der Waals surface area (Å²) in [4.78, 5) is 25.6. The molecule has 4 nitrogen and oxygen atoms in total. The van der Waals surface area contributed by atoms with Gasteiger partial charge < -0.3 is 11.1 Å². The summed E-state index contributed by atoms with van der Waals surface area (Å²) in [5.74, 6) is -0.367. The number of primary amides is 1. The molecule has 1 aromatic heterocycles. The zero-order valence-electron chi connectivity index (χ0n) is 13.0. The smallest absolute Gasteiger partial charge is 0.257 e. The minimum Gasteiger partial charge on any atom is -0.365 e. The molecule has 1 aliphatic rings. The molecule has 0 spiro atoms. The number of carbonyl (C=O) groups is 2. The van der Waals surface area contributed by atoms with Crippen molar-refractivity contribution in [2.24, 2.45) is 11.7 Å². The number of anilines is 1. The van der Waals surface area contributed by atoms with Gasteiger partial charge in [-0.15, -0.1) is 11.3 Å². The average molecular weight is 383 g/mol. The number of fused-ring (bicyclic) bond motifs is 1. The first-order valence-corrected chi connectivity index (χ1v) is 9.14. The van der Waals surface area contributed by atoms with E-state index < -0.39 is 11.8 Å². The van der Waals surface area contributed by atoms with Crippen molar-refractivity contribution in [2.45, 2.75) is 26.2 Å². The Morgan fingerprint density at radius 2 is 2.08 bits per heavy atom. The van der Waals surface area contributed by atoms with Crippen LogP contribution in [0.3, 0.4) is 0 Å². The monoisotopic (exact) mass is 382 g/mol. The quantitative estimate of drug-likeness (QED) is 0.817. The molecular formula is C17H16Cl2N2O2S. The zero-order chi connectivity index (χ0) is 17.4. The second kappa shape index (κ2) is 6.75. The zero-order valence-corrected chi connectivity index (χ0v) is 15.3. The van der Waals surface area contributed by atoms with Crippen LogP contribution in [0.25, 0.3) is 0 Å². The summed E-state index contributed by atoms with van der Waals surface area (Å²) in [6.45, 7) is 2.18. The number of amides is 2. The van der Waals surface area contributed by atoms with Gasteiger partial charge in [-0.05, 0) is 48.9 Å². The number of thiophene rings is 1. The van der Waals surface area contributed by atoms with Crippen LogP contribution < -0.4 is 11.1 Å². The third-order valence-corrected chi connectivity index (χ3v) is 5.89. The molecule has 7 heteroatoms. The van der Waals surface area contributed by atoms with Crippen LogP contribution in [0.2, 0.25) is 10.0 Å². The van der Waals surface area contributed by atoms with E-state index in [0.29, 0.717) is 26.5 Å². The predicted molar refractivity (Wildman–Crippen MR) is 98.4 cm³/mol. The van der Waals surface area contributed by atoms with Crippen LogP contribution in [-0.4, -0.2) is 11.8 Å². The molecule has 1 aliphatic carbocycles. The van der Waals surface area contributed by atoms with Crippen LogP contribution >= 0.6 is 34.5 Å². The third-order valence-electron chi connectivity index (χ3n) is 4.16. The molecule has 1 aromatic carbocycles. The number of nitrogens with two attached hydrogens (primary N) is 1. The Morgan fingerprint density at radius 1 is 1.33 bits per heavy atom. The van der Waals surface area contributed by atoms with Gasteiger partial charge in [0.1, 0.15) is 5.00 Å². The van der Waals surface area contributed by atoms with Crippen LogP contribution in [0.5, 0.6) is 0 Å². The van der Waals surface area contributed by atoms with Gasteiger partial charge in [-0.2, -0.15) is 0 Å². The van der Waals surface area contributed by atoms with Crippen molar-refractivity contribution in [3.63, 3.8) is 0 Å². The topological polar surface area (TPSA) is 72.2 Å². The number of halogens is 2. The van der Waals surface area contributed by atoms with E-state index in [1.54, 1.807) is 12.1 Å². The summed E-state index contributed by atoms with van der Waals surface area (Å²) in [5, 5.41) is 3.99. The molecule has 0 fully saturated rings. The molecule has 0 radical (unpaired) electrons. The van der Waals surface area contributed by atoms with E-state index in [-0.39, 0.29) is 5.56 Å². The Hall–Kier alpha value is -1.56. The van der Waals surface area contributed by atoms with Crippen LogP contribution in [0.15, 0.2) is 18.2 Å². The standard InChI is InChI=1S/C17H16Cl2N2O2S/c1-8-2-4-10-13(6-8)24-17(14(10)15(20)22)21-16(23)11-7-9(18)3-5-12(11)19/h3,5,7-8H,2,4,6H2,1H3,(H2,20,22)(H,21,23). The first-order chi connectivity index (χ1) is 11.4. The summed E-state index contributed by atoms with van der Waals surface area (Å²) in [6, 6.07) is 4.68. The Kier molecular flexibility index (Phi) is 4.85. The lowest BCUT2D eigenvalue weighted by molar-refractivity contribution is 0.1000. The summed E-state index contributed by atoms with van der Waals surface area (Å²) in [7, 11) is 0. The van der Waals surface area contributed by atoms with Crippen molar-refractivity contribution < 1.29 is 9.59 Å². The molecule has 1 unspecified atom stereocenters. The molecule has 3 N–H and O–H groups in total. The summed E-state index contributed by atoms with van der Waals surface area (Å²) >= 11 is 13.4. The van der Waals surface area contributed by atoms with Gasteiger partial charge in [0, 0.05) is 9.90 Å². The normalized spacial score (nSPS) is 16.5. The maximum atomic E-state index is 12.5. The molecule has 126 valence electrons. The maximum Gasteiger partial charge on any atom is 0.257 e. The highest BCUT2D eigenvalue weighted by atomic mass is 35.5. The predicted octanol–water partition coefficient (Wildman–Crippen LogP) is 4.53. The summed E-state index contributed by atoms with van der Waals surface area (Å²) in [5.41, 5.74) is 7.21. The molecule has 0 aliphatic heterocycles. The minimum atomic E-state index is -0.519. The molecule has 0 saturated heterocycles. The van der Waals surface area contributed by atoms with E-state index >= 15 is 0 Å². The first kappa shape index (κ1) is 17.3. The van der Waals surface area contributed by atoms with Gasteiger partial charge in [-0.3, -0.25) is 9.59 Å². The van der Waals surface area contributed by atoms with Crippen molar-refractivity contribution in [2.75, 3.05) is 5.32 Å². The van der Waals surface area contributed by atoms with Crippen molar-refractivity contribution >= 4 is 51.4 Å². The van der Waals surface area contributed by atoms with Gasteiger partial charge >= 0.3 is 0 Å². The molecule has 1 atom stereocenters. The van der Waals surface area contributed by atoms with Crippen molar-refractivity contribution in [3.05, 3.63) is 49.8 Å². The molecule has 3 rings (SSSR count). The lowest BCUT2D eigenvalue weighted by Gasteiger charge is -2.18. The fourth-order valence-electron chi connectivity index (χ4n) is 2.94. The van der Waals surface area contributed by atoms with Crippen LogP contribution in [0.4, 0.5) is 5.00 Å². The molecule has 2 amide bonds. The van der Waals surface area contributed by atoms with Crippen molar-refractivity contribution in [1.82, 2.24) is 0 Å². The van der Waals surface area contributed by atoms with Gasteiger partial charge in [0.2, 0.25) is 0 Å². The summed E-state index contributed by atoms with van der Waals surface area (Å²) in [6.07, 6.45) is 2.71. The van der Waals surface area contributed by atoms with Gasteiger partial charge in [-0.1, -0.05) is 30.1 Å². The Balaban J connectivity index is 1.96. The molecule has 0 bridgehead atoms. The van der Waals surface area contributed by atoms with Gasteiger partial charge in [0.25, 0.3) is 11.8 Å². The third kappa shape index (κ3) is 3.29. The van der Waals surface area contributed by atoms with Gasteiger partial charge in [-0.25, -0.2) is 0 Å². The number of rotatable bonds is 3. The van der Waals surface area contributed by atoms with Gasteiger partial charge in [0.15, 0.2) is 0 Å².